The number of hydrogen-bond donors (Lipinski definition) is 2. The van der Waals surface area contributed by atoms with E-state index >= 15 is 0 Å². The van der Waals surface area contributed by atoms with Crippen molar-refractivity contribution in [3.05, 3.63) is 70.7 Å². The maximum absolute atomic E-state index is 12.1. The van der Waals surface area contributed by atoms with Gasteiger partial charge in [-0.15, -0.1) is 11.3 Å². The minimum Gasteiger partial charge on any atom is -0.495 e. The number of anilines is 2. The van der Waals surface area contributed by atoms with Crippen molar-refractivity contribution in [1.29, 1.82) is 0 Å². The highest BCUT2D eigenvalue weighted by Gasteiger charge is 2.41. The summed E-state index contributed by atoms with van der Waals surface area (Å²) in [5, 5.41) is 8.92. The predicted octanol–water partition coefficient (Wildman–Crippen LogP) is 3.91. The number of rotatable bonds is 7. The first-order valence-corrected chi connectivity index (χ1v) is 10.9. The SMILES string of the molecule is COCC(=O)Nc1cc(N2C(=S)N[C@@H](c3ccccn3)[C@@H]2c2cccs2)ccc1OC. The highest BCUT2D eigenvalue weighted by Crippen LogP contribution is 2.44. The first kappa shape index (κ1) is 21.2. The molecule has 1 aromatic carbocycles. The molecule has 3 heterocycles. The summed E-state index contributed by atoms with van der Waals surface area (Å²) in [5.74, 6) is 0.293. The molecule has 3 aromatic rings. The Labute approximate surface area is 190 Å². The fraction of sp³-hybridized carbons (Fsp3) is 0.227. The van der Waals surface area contributed by atoms with E-state index in [4.69, 9.17) is 21.7 Å². The Morgan fingerprint density at radius 2 is 2.13 bits per heavy atom. The van der Waals surface area contributed by atoms with Crippen LogP contribution in [0.3, 0.4) is 0 Å². The third-order valence-electron chi connectivity index (χ3n) is 4.94. The van der Waals surface area contributed by atoms with E-state index in [0.717, 1.165) is 16.3 Å². The normalized spacial score (nSPS) is 18.0. The lowest BCUT2D eigenvalue weighted by Gasteiger charge is -2.27. The zero-order valence-corrected chi connectivity index (χ0v) is 18.7. The molecule has 0 spiro atoms. The Bertz CT molecular complexity index is 1060. The summed E-state index contributed by atoms with van der Waals surface area (Å²) in [5.41, 5.74) is 2.30. The predicted molar refractivity (Wildman–Crippen MR) is 126 cm³/mol. The number of nitrogens with one attached hydrogen (secondary N) is 2. The van der Waals surface area contributed by atoms with Gasteiger partial charge in [0.1, 0.15) is 12.4 Å². The van der Waals surface area contributed by atoms with Crippen molar-refractivity contribution in [2.75, 3.05) is 31.0 Å². The van der Waals surface area contributed by atoms with Crippen LogP contribution in [0.4, 0.5) is 11.4 Å². The van der Waals surface area contributed by atoms with Crippen molar-refractivity contribution in [1.82, 2.24) is 10.3 Å². The molecule has 0 unspecified atom stereocenters. The maximum atomic E-state index is 12.1. The van der Waals surface area contributed by atoms with Gasteiger partial charge in [-0.05, 0) is 54.0 Å². The minimum atomic E-state index is -0.263. The average Bonchev–Trinajstić information content (AvgIpc) is 3.42. The van der Waals surface area contributed by atoms with E-state index in [2.05, 4.69) is 32.0 Å². The number of benzene rings is 1. The maximum Gasteiger partial charge on any atom is 0.250 e. The molecule has 1 aliphatic rings. The second-order valence-electron chi connectivity index (χ2n) is 6.88. The quantitative estimate of drug-likeness (QED) is 0.524. The van der Waals surface area contributed by atoms with Gasteiger partial charge in [-0.3, -0.25) is 9.78 Å². The standard InChI is InChI=1S/C22H22N4O3S2/c1-28-13-19(27)24-16-12-14(8-9-17(16)29-2)26-21(18-7-5-11-31-18)20(25-22(26)30)15-6-3-4-10-23-15/h3-12,20-21H,13H2,1-2H3,(H,24,27)(H,25,30)/t20-,21-/m0/s1. The van der Waals surface area contributed by atoms with Gasteiger partial charge in [0.15, 0.2) is 5.11 Å². The Hall–Kier alpha value is -3.01. The fourth-order valence-corrected chi connectivity index (χ4v) is 4.84. The molecule has 1 fully saturated rings. The number of thiophene rings is 1. The van der Waals surface area contributed by atoms with Gasteiger partial charge in [-0.2, -0.15) is 0 Å². The van der Waals surface area contributed by atoms with Crippen molar-refractivity contribution in [2.24, 2.45) is 0 Å². The molecule has 7 nitrogen and oxygen atoms in total. The van der Waals surface area contributed by atoms with Crippen LogP contribution in [0.2, 0.25) is 0 Å². The van der Waals surface area contributed by atoms with Gasteiger partial charge in [0.05, 0.1) is 30.6 Å². The van der Waals surface area contributed by atoms with Crippen LogP contribution in [0.1, 0.15) is 22.7 Å². The highest BCUT2D eigenvalue weighted by atomic mass is 32.1. The van der Waals surface area contributed by atoms with Crippen LogP contribution in [0, 0.1) is 0 Å². The summed E-state index contributed by atoms with van der Waals surface area (Å²) in [6.45, 7) is -0.0450. The number of carbonyl (C=O) groups excluding carboxylic acids is 1. The molecule has 0 saturated carbocycles. The summed E-state index contributed by atoms with van der Waals surface area (Å²) in [7, 11) is 3.04. The molecule has 0 bridgehead atoms. The van der Waals surface area contributed by atoms with Crippen LogP contribution in [0.5, 0.6) is 5.75 Å². The van der Waals surface area contributed by atoms with Crippen LogP contribution in [0.15, 0.2) is 60.1 Å². The third kappa shape index (κ3) is 4.39. The molecule has 9 heteroatoms. The zero-order valence-electron chi connectivity index (χ0n) is 17.1. The lowest BCUT2D eigenvalue weighted by Crippen LogP contribution is -2.29. The molecule has 160 valence electrons. The zero-order chi connectivity index (χ0) is 21.8. The molecule has 1 aliphatic heterocycles. The van der Waals surface area contributed by atoms with Gasteiger partial charge in [-0.25, -0.2) is 0 Å². The number of thiocarbonyl (C=S) groups is 1. The Morgan fingerprint density at radius 1 is 1.26 bits per heavy atom. The van der Waals surface area contributed by atoms with E-state index in [0.29, 0.717) is 16.5 Å². The van der Waals surface area contributed by atoms with Crippen LogP contribution in [0.25, 0.3) is 0 Å². The van der Waals surface area contributed by atoms with Crippen LogP contribution in [-0.2, 0) is 9.53 Å². The number of nitrogens with zero attached hydrogens (tertiary/aromatic N) is 2. The summed E-state index contributed by atoms with van der Waals surface area (Å²) in [6, 6.07) is 15.4. The second kappa shape index (κ2) is 9.42. The number of methoxy groups -OCH3 is 2. The molecule has 0 aliphatic carbocycles. The van der Waals surface area contributed by atoms with Crippen molar-refractivity contribution < 1.29 is 14.3 Å². The van der Waals surface area contributed by atoms with Gasteiger partial charge in [0, 0.05) is 23.9 Å². The lowest BCUT2D eigenvalue weighted by atomic mass is 10.0. The molecule has 4 rings (SSSR count). The Kier molecular flexibility index (Phi) is 6.45. The number of amides is 1. The van der Waals surface area contributed by atoms with Crippen LogP contribution >= 0.6 is 23.6 Å². The molecule has 31 heavy (non-hydrogen) atoms. The monoisotopic (exact) mass is 454 g/mol. The molecular weight excluding hydrogens is 432 g/mol. The second-order valence-corrected chi connectivity index (χ2v) is 8.24. The Morgan fingerprint density at radius 3 is 2.81 bits per heavy atom. The van der Waals surface area contributed by atoms with E-state index < -0.39 is 0 Å². The summed E-state index contributed by atoms with van der Waals surface area (Å²) < 4.78 is 10.4. The van der Waals surface area contributed by atoms with Crippen molar-refractivity contribution in [3.63, 3.8) is 0 Å². The minimum absolute atomic E-state index is 0.0450. The molecule has 1 amide bonds. The van der Waals surface area contributed by atoms with E-state index in [1.165, 1.54) is 7.11 Å². The summed E-state index contributed by atoms with van der Waals surface area (Å²) >= 11 is 7.41. The smallest absolute Gasteiger partial charge is 0.250 e. The number of pyridine rings is 1. The number of aromatic nitrogens is 1. The van der Waals surface area contributed by atoms with Gasteiger partial charge >= 0.3 is 0 Å². The Balaban J connectivity index is 1.75. The molecular formula is C22H22N4O3S2. The third-order valence-corrected chi connectivity index (χ3v) is 6.20. The molecule has 1 saturated heterocycles. The first-order valence-electron chi connectivity index (χ1n) is 9.63. The number of hydrogen-bond acceptors (Lipinski definition) is 6. The highest BCUT2D eigenvalue weighted by molar-refractivity contribution is 7.80. The molecule has 0 radical (unpaired) electrons. The largest absolute Gasteiger partial charge is 0.495 e. The van der Waals surface area contributed by atoms with Gasteiger partial charge in [-0.1, -0.05) is 12.1 Å². The molecule has 2 atom stereocenters. The van der Waals surface area contributed by atoms with Gasteiger partial charge < -0.3 is 25.0 Å². The van der Waals surface area contributed by atoms with Crippen LogP contribution in [-0.4, -0.2) is 36.8 Å². The van der Waals surface area contributed by atoms with E-state index in [-0.39, 0.29) is 24.6 Å². The van der Waals surface area contributed by atoms with E-state index in [1.54, 1.807) is 24.6 Å². The number of carbonyl (C=O) groups is 1. The van der Waals surface area contributed by atoms with Gasteiger partial charge in [0.2, 0.25) is 5.91 Å². The summed E-state index contributed by atoms with van der Waals surface area (Å²) in [6.07, 6.45) is 1.78. The first-order chi connectivity index (χ1) is 15.1. The fourth-order valence-electron chi connectivity index (χ4n) is 3.64. The van der Waals surface area contributed by atoms with Gasteiger partial charge in [0.25, 0.3) is 0 Å². The van der Waals surface area contributed by atoms with Crippen molar-refractivity contribution >= 4 is 45.9 Å². The average molecular weight is 455 g/mol. The number of ether oxygens (including phenoxy) is 2. The van der Waals surface area contributed by atoms with Crippen LogP contribution < -0.4 is 20.3 Å². The van der Waals surface area contributed by atoms with Crippen molar-refractivity contribution in [2.45, 2.75) is 12.1 Å². The van der Waals surface area contributed by atoms with Crippen molar-refractivity contribution in [3.8, 4) is 5.75 Å². The van der Waals surface area contributed by atoms with E-state index in [9.17, 15) is 4.79 Å². The van der Waals surface area contributed by atoms with E-state index in [1.807, 2.05) is 42.5 Å². The molecule has 2 aromatic heterocycles. The lowest BCUT2D eigenvalue weighted by molar-refractivity contribution is -0.119. The topological polar surface area (TPSA) is 75.7 Å². The summed E-state index contributed by atoms with van der Waals surface area (Å²) in [4.78, 5) is 19.9. The molecule has 2 N–H and O–H groups in total.